The Kier molecular flexibility index (Phi) is 8.12. The third-order valence-electron chi connectivity index (χ3n) is 4.37. The van der Waals surface area contributed by atoms with E-state index >= 15 is 0 Å². The average molecular weight is 475 g/mol. The number of thioether (sulfide) groups is 1. The number of ether oxygens (including phenoxy) is 1. The highest BCUT2D eigenvalue weighted by Crippen LogP contribution is 2.37. The van der Waals surface area contributed by atoms with Gasteiger partial charge in [0.2, 0.25) is 5.91 Å². The molecule has 1 aromatic heterocycles. The van der Waals surface area contributed by atoms with Crippen LogP contribution >= 0.6 is 34.7 Å². The second kappa shape index (κ2) is 10.8. The van der Waals surface area contributed by atoms with Gasteiger partial charge in [-0.15, -0.1) is 23.1 Å². The highest BCUT2D eigenvalue weighted by molar-refractivity contribution is 7.99. The Labute approximate surface area is 195 Å². The highest BCUT2D eigenvalue weighted by atomic mass is 35.5. The van der Waals surface area contributed by atoms with Crippen LogP contribution in [-0.4, -0.2) is 22.6 Å². The van der Waals surface area contributed by atoms with E-state index in [1.54, 1.807) is 17.1 Å². The molecule has 1 amide bonds. The predicted molar refractivity (Wildman–Crippen MR) is 127 cm³/mol. The smallest absolute Gasteiger partial charge is 0.307 e. The third kappa shape index (κ3) is 6.32. The maximum absolute atomic E-state index is 12.4. The normalized spacial score (nSPS) is 10.7. The Morgan fingerprint density at radius 1 is 1.19 bits per heavy atom. The van der Waals surface area contributed by atoms with Crippen molar-refractivity contribution in [1.29, 1.82) is 0 Å². The second-order valence-corrected chi connectivity index (χ2v) is 9.37. The Balaban J connectivity index is 1.61. The number of hydrogen-bond acceptors (Lipinski definition) is 6. The van der Waals surface area contributed by atoms with Crippen LogP contribution in [0.3, 0.4) is 0 Å². The number of halogens is 1. The lowest BCUT2D eigenvalue weighted by atomic mass is 10.1. The number of nitrogens with zero attached hydrogens (tertiary/aromatic N) is 2. The summed E-state index contributed by atoms with van der Waals surface area (Å²) < 4.78 is 5.35. The summed E-state index contributed by atoms with van der Waals surface area (Å²) in [6, 6.07) is 13.7. The van der Waals surface area contributed by atoms with E-state index in [2.05, 4.69) is 4.98 Å². The Morgan fingerprint density at radius 2 is 1.94 bits per heavy atom. The molecule has 0 unspecified atom stereocenters. The molecule has 1 heterocycles. The quantitative estimate of drug-likeness (QED) is 0.282. The van der Waals surface area contributed by atoms with Crippen molar-refractivity contribution in [1.82, 2.24) is 4.98 Å². The van der Waals surface area contributed by atoms with E-state index in [4.69, 9.17) is 16.3 Å². The number of amides is 1. The molecule has 0 aliphatic carbocycles. The van der Waals surface area contributed by atoms with Crippen LogP contribution in [0, 0.1) is 13.8 Å². The van der Waals surface area contributed by atoms with Gasteiger partial charge in [-0.25, -0.2) is 4.98 Å². The second-order valence-electron chi connectivity index (χ2n) is 6.96. The lowest BCUT2D eigenvalue weighted by Gasteiger charge is -2.22. The molecule has 0 N–H and O–H groups in total. The van der Waals surface area contributed by atoms with Gasteiger partial charge in [-0.2, -0.15) is 0 Å². The molecule has 162 valence electrons. The molecule has 0 aliphatic rings. The van der Waals surface area contributed by atoms with Crippen molar-refractivity contribution in [3.8, 4) is 0 Å². The fourth-order valence-corrected chi connectivity index (χ4v) is 5.16. The van der Waals surface area contributed by atoms with Gasteiger partial charge in [-0.1, -0.05) is 35.9 Å². The molecule has 0 atom stereocenters. The minimum absolute atomic E-state index is 0.0672. The number of thiazole rings is 1. The molecule has 3 aromatic rings. The van der Waals surface area contributed by atoms with E-state index < -0.39 is 0 Å². The molecule has 2 aromatic carbocycles. The van der Waals surface area contributed by atoms with Gasteiger partial charge >= 0.3 is 5.97 Å². The topological polar surface area (TPSA) is 59.5 Å². The molecule has 5 nitrogen and oxygen atoms in total. The zero-order valence-corrected chi connectivity index (χ0v) is 19.9. The van der Waals surface area contributed by atoms with Gasteiger partial charge in [-0.3, -0.25) is 14.5 Å². The molecule has 0 saturated carbocycles. The van der Waals surface area contributed by atoms with Gasteiger partial charge in [-0.05, 0) is 43.2 Å². The molecule has 0 fully saturated rings. The number of aromatic nitrogens is 1. The zero-order valence-electron chi connectivity index (χ0n) is 17.6. The fraction of sp³-hybridized carbons (Fsp3) is 0.261. The molecule has 0 spiro atoms. The maximum Gasteiger partial charge on any atom is 0.307 e. The van der Waals surface area contributed by atoms with Crippen molar-refractivity contribution >= 4 is 57.4 Å². The first-order valence-corrected chi connectivity index (χ1v) is 11.9. The first-order valence-electron chi connectivity index (χ1n) is 9.70. The van der Waals surface area contributed by atoms with E-state index in [1.165, 1.54) is 23.2 Å². The minimum Gasteiger partial charge on any atom is -0.459 e. The molecule has 0 radical (unpaired) electrons. The molecule has 0 saturated heterocycles. The number of benzene rings is 2. The zero-order chi connectivity index (χ0) is 22.4. The van der Waals surface area contributed by atoms with E-state index in [0.717, 1.165) is 16.0 Å². The molecule has 0 bridgehead atoms. The monoisotopic (exact) mass is 474 g/mol. The van der Waals surface area contributed by atoms with Crippen molar-refractivity contribution in [3.05, 3.63) is 69.7 Å². The van der Waals surface area contributed by atoms with E-state index in [1.807, 2.05) is 56.3 Å². The summed E-state index contributed by atoms with van der Waals surface area (Å²) in [6.45, 7) is 5.40. The van der Waals surface area contributed by atoms with Gasteiger partial charge in [0.1, 0.15) is 6.61 Å². The molecule has 0 aliphatic heterocycles. The fourth-order valence-electron chi connectivity index (χ4n) is 3.04. The average Bonchev–Trinajstić information content (AvgIpc) is 3.18. The Bertz CT molecular complexity index is 1050. The van der Waals surface area contributed by atoms with Crippen molar-refractivity contribution < 1.29 is 14.3 Å². The molecule has 8 heteroatoms. The number of rotatable bonds is 8. The van der Waals surface area contributed by atoms with Gasteiger partial charge in [0.15, 0.2) is 5.13 Å². The van der Waals surface area contributed by atoms with Crippen LogP contribution < -0.4 is 4.90 Å². The van der Waals surface area contributed by atoms with Gasteiger partial charge in [0.25, 0.3) is 0 Å². The van der Waals surface area contributed by atoms with E-state index in [9.17, 15) is 9.59 Å². The van der Waals surface area contributed by atoms with Gasteiger partial charge < -0.3 is 4.74 Å². The van der Waals surface area contributed by atoms with Crippen LogP contribution in [0.1, 0.15) is 30.2 Å². The van der Waals surface area contributed by atoms with Crippen molar-refractivity contribution in [2.24, 2.45) is 0 Å². The number of anilines is 2. The van der Waals surface area contributed by atoms with Crippen LogP contribution in [-0.2, 0) is 20.9 Å². The van der Waals surface area contributed by atoms with Crippen molar-refractivity contribution in [2.75, 3.05) is 10.7 Å². The largest absolute Gasteiger partial charge is 0.459 e. The van der Waals surface area contributed by atoms with E-state index in [-0.39, 0.29) is 18.5 Å². The number of carbonyl (C=O) groups excluding carboxylic acids is 2. The summed E-state index contributed by atoms with van der Waals surface area (Å²) in [6.07, 6.45) is 0.314. The van der Waals surface area contributed by atoms with E-state index in [0.29, 0.717) is 33.7 Å². The summed E-state index contributed by atoms with van der Waals surface area (Å²) in [5.74, 6) is 0.178. The minimum atomic E-state index is -0.279. The number of hydrogen-bond donors (Lipinski definition) is 0. The van der Waals surface area contributed by atoms with Crippen LogP contribution in [0.2, 0.25) is 5.02 Å². The Morgan fingerprint density at radius 3 is 2.61 bits per heavy atom. The standard InChI is InChI=1S/C23H23ClN2O3S2/c1-15-11-16(2)22(20(24)12-15)26(17(3)27)23-25-18(14-31-23)13-29-21(28)9-10-30-19-7-5-4-6-8-19/h4-8,11-12,14H,9-10,13H2,1-3H3. The summed E-state index contributed by atoms with van der Waals surface area (Å²) in [5.41, 5.74) is 3.12. The van der Waals surface area contributed by atoms with Crippen LogP contribution in [0.4, 0.5) is 10.8 Å². The van der Waals surface area contributed by atoms with Crippen LogP contribution in [0.15, 0.2) is 52.7 Å². The molecule has 31 heavy (non-hydrogen) atoms. The predicted octanol–water partition coefficient (Wildman–Crippen LogP) is 6.32. The lowest BCUT2D eigenvalue weighted by Crippen LogP contribution is -2.24. The van der Waals surface area contributed by atoms with Gasteiger partial charge in [0.05, 0.1) is 22.8 Å². The molecular weight excluding hydrogens is 452 g/mol. The van der Waals surface area contributed by atoms with Crippen molar-refractivity contribution in [2.45, 2.75) is 38.7 Å². The first-order chi connectivity index (χ1) is 14.8. The number of aryl methyl sites for hydroxylation is 2. The first kappa shape index (κ1) is 23.3. The third-order valence-corrected chi connectivity index (χ3v) is 6.54. The maximum atomic E-state index is 12.4. The summed E-state index contributed by atoms with van der Waals surface area (Å²) in [5, 5.41) is 2.77. The molecule has 3 rings (SSSR count). The summed E-state index contributed by atoms with van der Waals surface area (Å²) in [4.78, 5) is 31.6. The summed E-state index contributed by atoms with van der Waals surface area (Å²) >= 11 is 9.36. The molecular formula is C23H23ClN2O3S2. The van der Waals surface area contributed by atoms with Crippen molar-refractivity contribution in [3.63, 3.8) is 0 Å². The highest BCUT2D eigenvalue weighted by Gasteiger charge is 2.23. The number of esters is 1. The van der Waals surface area contributed by atoms with Crippen LogP contribution in [0.5, 0.6) is 0 Å². The lowest BCUT2D eigenvalue weighted by molar-refractivity contribution is -0.144. The summed E-state index contributed by atoms with van der Waals surface area (Å²) in [7, 11) is 0. The number of carbonyl (C=O) groups is 2. The SMILES string of the molecule is CC(=O)N(c1nc(COC(=O)CCSc2ccccc2)cs1)c1c(C)cc(C)cc1Cl. The van der Waals surface area contributed by atoms with Crippen LogP contribution in [0.25, 0.3) is 0 Å². The Hall–Kier alpha value is -2.35. The van der Waals surface area contributed by atoms with Gasteiger partial charge in [0, 0.05) is 23.0 Å².